The molecule has 1 atom stereocenters. The molecule has 43 heavy (non-hydrogen) atoms. The molecule has 0 aliphatic carbocycles. The van der Waals surface area contributed by atoms with Gasteiger partial charge < -0.3 is 23.7 Å². The van der Waals surface area contributed by atoms with Crippen molar-refractivity contribution >= 4 is 14.5 Å². The van der Waals surface area contributed by atoms with Crippen LogP contribution in [0.1, 0.15) is 29.9 Å². The zero-order chi connectivity index (χ0) is 31.5. The van der Waals surface area contributed by atoms with Gasteiger partial charge in [-0.15, -0.1) is 9.24 Å². The van der Waals surface area contributed by atoms with Crippen molar-refractivity contribution in [3.8, 4) is 11.5 Å². The minimum atomic E-state index is -4.61. The van der Waals surface area contributed by atoms with Crippen LogP contribution in [0.2, 0.25) is 0 Å². The van der Waals surface area contributed by atoms with Crippen LogP contribution in [0.25, 0.3) is 0 Å². The van der Waals surface area contributed by atoms with Crippen molar-refractivity contribution in [3.63, 3.8) is 0 Å². The second-order valence-corrected chi connectivity index (χ2v) is 9.69. The molecule has 4 rings (SSSR count). The van der Waals surface area contributed by atoms with Gasteiger partial charge in [0.25, 0.3) is 0 Å². The number of benzene rings is 3. The molecule has 0 saturated carbocycles. The second-order valence-electron chi connectivity index (χ2n) is 9.07. The Morgan fingerprint density at radius 1 is 0.814 bits per heavy atom. The molecule has 3 aromatic rings. The van der Waals surface area contributed by atoms with E-state index in [1.807, 2.05) is 6.92 Å². The average molecular weight is 640 g/mol. The lowest BCUT2D eigenvalue weighted by atomic mass is 10.1. The standard InChI is InChI=1S/C28H22F9O5P/c1-2-3-6-38-17-12-39-26(40-13-17)14-4-5-18(19(29)7-14)27(34,35)41-16-8-20(30)24(23(43)11-16)28(36,37)42-15-9-21(31)25(33)22(32)10-15/h2-5,7-11,17,26H,6,12-13,43H2,1H3/b3-2+. The molecule has 3 aromatic carbocycles. The molecule has 0 bridgehead atoms. The normalized spacial score (nSPS) is 17.8. The highest BCUT2D eigenvalue weighted by Crippen LogP contribution is 2.38. The van der Waals surface area contributed by atoms with Gasteiger partial charge in [-0.1, -0.05) is 18.2 Å². The Kier molecular flexibility index (Phi) is 9.95. The maximum Gasteiger partial charge on any atom is 0.430 e. The lowest BCUT2D eigenvalue weighted by molar-refractivity contribution is -0.228. The van der Waals surface area contributed by atoms with E-state index < -0.39 is 75.5 Å². The van der Waals surface area contributed by atoms with Crippen LogP contribution in [0.5, 0.6) is 11.5 Å². The third-order valence-corrected chi connectivity index (χ3v) is 6.40. The van der Waals surface area contributed by atoms with Gasteiger partial charge in [-0.05, 0) is 30.4 Å². The predicted octanol–water partition coefficient (Wildman–Crippen LogP) is 7.15. The van der Waals surface area contributed by atoms with Gasteiger partial charge in [-0.25, -0.2) is 22.0 Å². The minimum absolute atomic E-state index is 0.0785. The van der Waals surface area contributed by atoms with Gasteiger partial charge in [0.2, 0.25) is 0 Å². The topological polar surface area (TPSA) is 46.2 Å². The first-order valence-corrected chi connectivity index (χ1v) is 12.9. The SMILES string of the molecule is C/C=C/COC1COC(c2ccc(C(F)(F)Oc3cc(F)c(C(F)(F)Oc4cc(F)c(F)c(F)c4)c(P)c3)c(F)c2)OC1. The molecule has 1 heterocycles. The van der Waals surface area contributed by atoms with E-state index in [0.29, 0.717) is 18.7 Å². The summed E-state index contributed by atoms with van der Waals surface area (Å²) in [4.78, 5) is 0. The fourth-order valence-electron chi connectivity index (χ4n) is 3.94. The van der Waals surface area contributed by atoms with E-state index in [1.54, 1.807) is 21.4 Å². The van der Waals surface area contributed by atoms with Crippen molar-refractivity contribution < 1.29 is 63.2 Å². The van der Waals surface area contributed by atoms with Crippen LogP contribution in [0.4, 0.5) is 39.5 Å². The van der Waals surface area contributed by atoms with E-state index in [2.05, 4.69) is 9.47 Å². The Morgan fingerprint density at radius 2 is 1.40 bits per heavy atom. The fourth-order valence-corrected chi connectivity index (χ4v) is 4.41. The van der Waals surface area contributed by atoms with Crippen molar-refractivity contribution in [2.24, 2.45) is 0 Å². The van der Waals surface area contributed by atoms with Crippen LogP contribution < -0.4 is 14.8 Å². The van der Waals surface area contributed by atoms with Gasteiger partial charge >= 0.3 is 12.2 Å². The summed E-state index contributed by atoms with van der Waals surface area (Å²) in [6.45, 7) is 2.36. The van der Waals surface area contributed by atoms with Crippen LogP contribution in [0.15, 0.2) is 54.6 Å². The number of ether oxygens (including phenoxy) is 5. The molecular weight excluding hydrogens is 618 g/mol. The quantitative estimate of drug-likeness (QED) is 0.102. The van der Waals surface area contributed by atoms with Crippen molar-refractivity contribution in [3.05, 3.63) is 100 Å². The molecule has 0 aromatic heterocycles. The van der Waals surface area contributed by atoms with E-state index in [9.17, 15) is 39.5 Å². The molecule has 5 nitrogen and oxygen atoms in total. The fraction of sp³-hybridized carbons (Fsp3) is 0.286. The number of rotatable bonds is 10. The van der Waals surface area contributed by atoms with Crippen LogP contribution in [-0.2, 0) is 26.4 Å². The monoisotopic (exact) mass is 640 g/mol. The molecule has 0 amide bonds. The molecule has 1 saturated heterocycles. The predicted molar refractivity (Wildman–Crippen MR) is 137 cm³/mol. The lowest BCUT2D eigenvalue weighted by Gasteiger charge is -2.29. The molecule has 15 heteroatoms. The first-order chi connectivity index (χ1) is 20.2. The van der Waals surface area contributed by atoms with E-state index >= 15 is 0 Å². The Bertz CT molecular complexity index is 1450. The highest BCUT2D eigenvalue weighted by Gasteiger charge is 2.42. The van der Waals surface area contributed by atoms with E-state index in [0.717, 1.165) is 12.1 Å². The van der Waals surface area contributed by atoms with Gasteiger partial charge in [0.05, 0.1) is 25.4 Å². The zero-order valence-corrected chi connectivity index (χ0v) is 23.1. The molecule has 1 fully saturated rings. The third-order valence-electron chi connectivity index (χ3n) is 5.94. The average Bonchev–Trinajstić information content (AvgIpc) is 2.91. The molecule has 0 radical (unpaired) electrons. The Morgan fingerprint density at radius 3 is 1.98 bits per heavy atom. The van der Waals surface area contributed by atoms with Gasteiger partial charge in [0.15, 0.2) is 23.7 Å². The second kappa shape index (κ2) is 13.1. The van der Waals surface area contributed by atoms with Gasteiger partial charge in [0, 0.05) is 23.8 Å². The molecule has 0 spiro atoms. The summed E-state index contributed by atoms with van der Waals surface area (Å²) in [7, 11) is 1.65. The maximum atomic E-state index is 14.9. The largest absolute Gasteiger partial charge is 0.430 e. The molecule has 1 aliphatic heterocycles. The maximum absolute atomic E-state index is 14.9. The third kappa shape index (κ3) is 7.61. The molecule has 1 unspecified atom stereocenters. The number of allylic oxidation sites excluding steroid dienone is 1. The van der Waals surface area contributed by atoms with Gasteiger partial charge in [0.1, 0.15) is 34.8 Å². The summed E-state index contributed by atoms with van der Waals surface area (Å²) in [5, 5.41) is -0.755. The van der Waals surface area contributed by atoms with E-state index in [-0.39, 0.29) is 43.1 Å². The Hall–Kier alpha value is -3.32. The summed E-state index contributed by atoms with van der Waals surface area (Å²) in [6, 6.07) is 3.47. The summed E-state index contributed by atoms with van der Waals surface area (Å²) < 4.78 is 154. The Balaban J connectivity index is 1.48. The molecular formula is C28H22F9O5P. The lowest BCUT2D eigenvalue weighted by Crippen LogP contribution is -2.33. The summed E-state index contributed by atoms with van der Waals surface area (Å²) in [6.07, 6.45) is -6.89. The number of hydrogen-bond acceptors (Lipinski definition) is 5. The number of halogens is 9. The van der Waals surface area contributed by atoms with Crippen LogP contribution >= 0.6 is 9.24 Å². The van der Waals surface area contributed by atoms with Crippen LogP contribution in [-0.4, -0.2) is 25.9 Å². The van der Waals surface area contributed by atoms with E-state index in [1.165, 1.54) is 0 Å². The number of alkyl halides is 4. The van der Waals surface area contributed by atoms with Gasteiger partial charge in [-0.2, -0.15) is 17.6 Å². The molecule has 232 valence electrons. The van der Waals surface area contributed by atoms with E-state index in [4.69, 9.17) is 14.2 Å². The molecule has 0 N–H and O–H groups in total. The highest BCUT2D eigenvalue weighted by atomic mass is 31.0. The van der Waals surface area contributed by atoms with Crippen molar-refractivity contribution in [2.45, 2.75) is 31.5 Å². The summed E-state index contributed by atoms with van der Waals surface area (Å²) >= 11 is 0. The number of hydrogen-bond donors (Lipinski definition) is 0. The zero-order valence-electron chi connectivity index (χ0n) is 22.0. The first kappa shape index (κ1) is 32.6. The van der Waals surface area contributed by atoms with Gasteiger partial charge in [-0.3, -0.25) is 0 Å². The summed E-state index contributed by atoms with van der Waals surface area (Å²) in [5.41, 5.74) is -2.70. The van der Waals surface area contributed by atoms with Crippen molar-refractivity contribution in [2.75, 3.05) is 19.8 Å². The first-order valence-electron chi connectivity index (χ1n) is 12.4. The van der Waals surface area contributed by atoms with Crippen molar-refractivity contribution in [1.82, 2.24) is 0 Å². The van der Waals surface area contributed by atoms with Crippen molar-refractivity contribution in [1.29, 1.82) is 0 Å². The minimum Gasteiger partial charge on any atom is -0.429 e. The van der Waals surface area contributed by atoms with Crippen LogP contribution in [0.3, 0.4) is 0 Å². The Labute approximate surface area is 241 Å². The van der Waals surface area contributed by atoms with Crippen LogP contribution in [0, 0.1) is 29.1 Å². The molecule has 1 aliphatic rings. The highest BCUT2D eigenvalue weighted by molar-refractivity contribution is 7.27. The summed E-state index contributed by atoms with van der Waals surface area (Å²) in [5.74, 6) is -11.0. The smallest absolute Gasteiger partial charge is 0.429 e.